The summed E-state index contributed by atoms with van der Waals surface area (Å²) in [5, 5.41) is 0. The number of rotatable bonds is 4. The van der Waals surface area contributed by atoms with Crippen molar-refractivity contribution in [3.63, 3.8) is 0 Å². The number of benzene rings is 1. The van der Waals surface area contributed by atoms with Crippen molar-refractivity contribution in [2.45, 2.75) is 38.8 Å². The predicted molar refractivity (Wildman–Crippen MR) is 79.1 cm³/mol. The van der Waals surface area contributed by atoms with Gasteiger partial charge in [0.25, 0.3) is 5.82 Å². The Labute approximate surface area is 120 Å². The predicted octanol–water partition coefficient (Wildman–Crippen LogP) is 1.53. The molecule has 1 aromatic carbocycles. The van der Waals surface area contributed by atoms with Gasteiger partial charge in [-0.3, -0.25) is 0 Å². The van der Waals surface area contributed by atoms with Crippen molar-refractivity contribution in [3.05, 3.63) is 24.0 Å². The Bertz CT molecular complexity index is 745. The third-order valence-electron chi connectivity index (χ3n) is 3.72. The lowest BCUT2D eigenvalue weighted by molar-refractivity contribution is -0.674. The van der Waals surface area contributed by atoms with E-state index in [2.05, 4.69) is 29.9 Å². The van der Waals surface area contributed by atoms with Gasteiger partial charge in [0.15, 0.2) is 11.0 Å². The van der Waals surface area contributed by atoms with E-state index in [-0.39, 0.29) is 0 Å². The zero-order valence-corrected chi connectivity index (χ0v) is 13.5. The molecule has 0 aliphatic rings. The molecule has 6 heteroatoms. The lowest BCUT2D eigenvalue weighted by atomic mass is 10.3. The average Bonchev–Trinajstić information content (AvgIpc) is 2.68. The van der Waals surface area contributed by atoms with Crippen LogP contribution in [0.4, 0.5) is 0 Å². The van der Waals surface area contributed by atoms with Crippen LogP contribution in [0.1, 0.15) is 19.7 Å². The van der Waals surface area contributed by atoms with Gasteiger partial charge in [-0.1, -0.05) is 0 Å². The maximum Gasteiger partial charge on any atom is 0.254 e. The van der Waals surface area contributed by atoms with Crippen LogP contribution in [-0.2, 0) is 23.1 Å². The number of hydrogen-bond acceptors (Lipinski definition) is 2. The molecular formula is C14H22N3O2S+. The molecule has 1 heterocycles. The molecule has 0 radical (unpaired) electrons. The van der Waals surface area contributed by atoms with Gasteiger partial charge in [0.2, 0.25) is 10.0 Å². The Morgan fingerprint density at radius 1 is 1.25 bits per heavy atom. The fraction of sp³-hybridized carbons (Fsp3) is 0.500. The molecule has 5 nitrogen and oxygen atoms in total. The first-order valence-corrected chi connectivity index (χ1v) is 8.23. The number of sulfonamides is 1. The van der Waals surface area contributed by atoms with Crippen molar-refractivity contribution in [2.24, 2.45) is 0 Å². The molecule has 0 aliphatic heterocycles. The Balaban J connectivity index is 2.78. The number of fused-ring (bicyclic) bond motifs is 1. The molecule has 0 amide bonds. The summed E-state index contributed by atoms with van der Waals surface area (Å²) in [5.41, 5.74) is 2.04. The van der Waals surface area contributed by atoms with Crippen molar-refractivity contribution in [1.29, 1.82) is 0 Å². The SMILES string of the molecule is CCn1c(C)[n+](CC)c2ccc(S(=O)(=O)N(C)C)cc21. The van der Waals surface area contributed by atoms with Crippen LogP contribution in [0.5, 0.6) is 0 Å². The molecule has 0 saturated carbocycles. The topological polar surface area (TPSA) is 46.2 Å². The third-order valence-corrected chi connectivity index (χ3v) is 5.53. The van der Waals surface area contributed by atoms with Gasteiger partial charge < -0.3 is 0 Å². The minimum absolute atomic E-state index is 0.338. The van der Waals surface area contributed by atoms with E-state index < -0.39 is 10.0 Å². The van der Waals surface area contributed by atoms with Gasteiger partial charge in [-0.2, -0.15) is 0 Å². The fourth-order valence-corrected chi connectivity index (χ4v) is 3.53. The summed E-state index contributed by atoms with van der Waals surface area (Å²) in [4.78, 5) is 0.338. The fourth-order valence-electron chi connectivity index (χ4n) is 2.61. The summed E-state index contributed by atoms with van der Waals surface area (Å²) in [7, 11) is -0.290. The van der Waals surface area contributed by atoms with Gasteiger partial charge in [0.05, 0.1) is 18.0 Å². The van der Waals surface area contributed by atoms with E-state index in [9.17, 15) is 8.42 Å². The molecule has 0 N–H and O–H groups in total. The molecule has 0 saturated heterocycles. The highest BCUT2D eigenvalue weighted by Crippen LogP contribution is 2.21. The second-order valence-electron chi connectivity index (χ2n) is 4.97. The van der Waals surface area contributed by atoms with Crippen LogP contribution in [-0.4, -0.2) is 31.4 Å². The van der Waals surface area contributed by atoms with Gasteiger partial charge in [0, 0.05) is 27.1 Å². The molecular weight excluding hydrogens is 274 g/mol. The van der Waals surface area contributed by atoms with E-state index in [0.717, 1.165) is 29.9 Å². The first-order valence-electron chi connectivity index (χ1n) is 6.79. The highest BCUT2D eigenvalue weighted by Gasteiger charge is 2.24. The first-order chi connectivity index (χ1) is 9.34. The summed E-state index contributed by atoms with van der Waals surface area (Å²) < 4.78 is 30.1. The molecule has 0 aliphatic carbocycles. The van der Waals surface area contributed by atoms with E-state index in [1.54, 1.807) is 26.2 Å². The Morgan fingerprint density at radius 3 is 2.40 bits per heavy atom. The number of imidazole rings is 1. The standard InChI is InChI=1S/C14H22N3O2S/c1-6-16-11(3)17(7-2)14-10-12(8-9-13(14)16)20(18,19)15(4)5/h8-10H,6-7H2,1-5H3/q+1. The summed E-state index contributed by atoms with van der Waals surface area (Å²) in [5.74, 6) is 1.14. The minimum atomic E-state index is -3.39. The Morgan fingerprint density at radius 2 is 1.90 bits per heavy atom. The van der Waals surface area contributed by atoms with Gasteiger partial charge in [0.1, 0.15) is 0 Å². The number of aryl methyl sites for hydroxylation is 2. The van der Waals surface area contributed by atoms with Crippen molar-refractivity contribution in [2.75, 3.05) is 14.1 Å². The molecule has 2 rings (SSSR count). The van der Waals surface area contributed by atoms with Crippen LogP contribution < -0.4 is 4.57 Å². The van der Waals surface area contributed by atoms with Crippen LogP contribution in [0, 0.1) is 6.92 Å². The highest BCUT2D eigenvalue weighted by molar-refractivity contribution is 7.89. The lowest BCUT2D eigenvalue weighted by Crippen LogP contribution is -2.35. The van der Waals surface area contributed by atoms with Crippen molar-refractivity contribution >= 4 is 21.1 Å². The molecule has 0 spiro atoms. The van der Waals surface area contributed by atoms with E-state index in [4.69, 9.17) is 0 Å². The molecule has 0 atom stereocenters. The minimum Gasteiger partial charge on any atom is -0.228 e. The zero-order valence-electron chi connectivity index (χ0n) is 12.7. The summed E-state index contributed by atoms with van der Waals surface area (Å²) in [6.45, 7) is 7.92. The van der Waals surface area contributed by atoms with E-state index in [1.807, 2.05) is 6.07 Å². The summed E-state index contributed by atoms with van der Waals surface area (Å²) >= 11 is 0. The second-order valence-corrected chi connectivity index (χ2v) is 7.13. The Kier molecular flexibility index (Phi) is 3.88. The van der Waals surface area contributed by atoms with Gasteiger partial charge in [-0.15, -0.1) is 0 Å². The molecule has 0 bridgehead atoms. The normalized spacial score (nSPS) is 12.5. The van der Waals surface area contributed by atoms with Gasteiger partial charge in [-0.05, 0) is 26.0 Å². The van der Waals surface area contributed by atoms with Crippen LogP contribution in [0.2, 0.25) is 0 Å². The van der Waals surface area contributed by atoms with Crippen LogP contribution in [0.25, 0.3) is 11.0 Å². The number of aromatic nitrogens is 2. The van der Waals surface area contributed by atoms with Gasteiger partial charge in [-0.25, -0.2) is 21.9 Å². The van der Waals surface area contributed by atoms with Crippen LogP contribution in [0.15, 0.2) is 23.1 Å². The lowest BCUT2D eigenvalue weighted by Gasteiger charge is -2.10. The number of nitrogens with zero attached hydrogens (tertiary/aromatic N) is 3. The van der Waals surface area contributed by atoms with E-state index in [0.29, 0.717) is 4.90 Å². The zero-order chi connectivity index (χ0) is 15.1. The van der Waals surface area contributed by atoms with Crippen LogP contribution in [0.3, 0.4) is 0 Å². The average molecular weight is 296 g/mol. The maximum atomic E-state index is 12.2. The maximum absolute atomic E-state index is 12.2. The monoisotopic (exact) mass is 296 g/mol. The molecule has 20 heavy (non-hydrogen) atoms. The van der Waals surface area contributed by atoms with E-state index in [1.165, 1.54) is 4.31 Å². The largest absolute Gasteiger partial charge is 0.254 e. The molecule has 1 aromatic heterocycles. The summed E-state index contributed by atoms with van der Waals surface area (Å²) in [6, 6.07) is 5.35. The summed E-state index contributed by atoms with van der Waals surface area (Å²) in [6.07, 6.45) is 0. The molecule has 110 valence electrons. The Hall–Kier alpha value is -1.40. The van der Waals surface area contributed by atoms with Crippen molar-refractivity contribution < 1.29 is 13.0 Å². The smallest absolute Gasteiger partial charge is 0.228 e. The third kappa shape index (κ3) is 2.13. The molecule has 2 aromatic rings. The molecule has 0 unspecified atom stereocenters. The van der Waals surface area contributed by atoms with E-state index >= 15 is 0 Å². The quantitative estimate of drug-likeness (QED) is 0.803. The number of hydrogen-bond donors (Lipinski definition) is 0. The second kappa shape index (κ2) is 5.18. The van der Waals surface area contributed by atoms with Gasteiger partial charge >= 0.3 is 0 Å². The van der Waals surface area contributed by atoms with Crippen LogP contribution >= 0.6 is 0 Å². The van der Waals surface area contributed by atoms with Crippen molar-refractivity contribution in [1.82, 2.24) is 8.87 Å². The molecule has 0 fully saturated rings. The van der Waals surface area contributed by atoms with Crippen molar-refractivity contribution in [3.8, 4) is 0 Å². The highest BCUT2D eigenvalue weighted by atomic mass is 32.2. The first kappa shape index (κ1) is 15.0.